The van der Waals surface area contributed by atoms with Crippen LogP contribution in [-0.2, 0) is 19.1 Å². The van der Waals surface area contributed by atoms with Crippen LogP contribution in [0, 0.1) is 29.6 Å². The molecule has 2 amide bonds. The van der Waals surface area contributed by atoms with Crippen LogP contribution in [0.25, 0.3) is 0 Å². The number of likely N-dealkylation sites (tertiary alicyclic amines) is 2. The van der Waals surface area contributed by atoms with E-state index >= 15 is 0 Å². The molecule has 5 aliphatic rings. The van der Waals surface area contributed by atoms with Crippen molar-refractivity contribution in [3.8, 4) is 0 Å². The van der Waals surface area contributed by atoms with E-state index in [2.05, 4.69) is 0 Å². The van der Waals surface area contributed by atoms with Crippen LogP contribution in [0.2, 0.25) is 0 Å². The van der Waals surface area contributed by atoms with E-state index in [1.165, 1.54) is 0 Å². The minimum atomic E-state index is -0.0665. The van der Waals surface area contributed by atoms with Gasteiger partial charge in [0.1, 0.15) is 0 Å². The molecule has 6 heteroatoms. The van der Waals surface area contributed by atoms with Crippen molar-refractivity contribution in [3.63, 3.8) is 0 Å². The molecular weight excluding hydrogens is 308 g/mol. The Bertz CT molecular complexity index is 537. The van der Waals surface area contributed by atoms with E-state index in [0.717, 1.165) is 52.2 Å². The number of nitrogens with zero attached hydrogens (tertiary/aromatic N) is 2. The lowest BCUT2D eigenvalue weighted by atomic mass is 9.81. The van der Waals surface area contributed by atoms with Crippen LogP contribution in [0.15, 0.2) is 0 Å². The molecule has 6 atom stereocenters. The highest BCUT2D eigenvalue weighted by molar-refractivity contribution is 5.85. The Morgan fingerprint density at radius 1 is 0.875 bits per heavy atom. The summed E-state index contributed by atoms with van der Waals surface area (Å²) in [5.74, 6) is 1.71. The first kappa shape index (κ1) is 15.1. The summed E-state index contributed by atoms with van der Waals surface area (Å²) in [4.78, 5) is 29.9. The third-order valence-corrected chi connectivity index (χ3v) is 6.88. The van der Waals surface area contributed by atoms with Crippen LogP contribution in [0.1, 0.15) is 19.3 Å². The van der Waals surface area contributed by atoms with Gasteiger partial charge in [-0.25, -0.2) is 0 Å². The SMILES string of the molecule is O=C(C1[C@H]2COC[C@@H]12)N1C[C@H](C(=O)N2CCCC2)[C@@H]2CCO[C@@H]2C1. The molecule has 5 rings (SSSR count). The summed E-state index contributed by atoms with van der Waals surface area (Å²) >= 11 is 0. The second kappa shape index (κ2) is 5.70. The van der Waals surface area contributed by atoms with Crippen molar-refractivity contribution in [1.82, 2.24) is 9.80 Å². The third kappa shape index (κ3) is 2.30. The maximum atomic E-state index is 13.0. The van der Waals surface area contributed by atoms with Gasteiger partial charge in [0.15, 0.2) is 0 Å². The normalized spacial score (nSPS) is 43.7. The zero-order valence-corrected chi connectivity index (χ0v) is 14.1. The number of hydrogen-bond acceptors (Lipinski definition) is 4. The molecule has 0 aromatic rings. The number of carbonyl (C=O) groups excluding carboxylic acids is 2. The van der Waals surface area contributed by atoms with Crippen molar-refractivity contribution in [2.24, 2.45) is 29.6 Å². The lowest BCUT2D eigenvalue weighted by Crippen LogP contribution is -2.55. The summed E-state index contributed by atoms with van der Waals surface area (Å²) < 4.78 is 11.3. The Morgan fingerprint density at radius 3 is 2.38 bits per heavy atom. The molecular formula is C18H26N2O4. The minimum Gasteiger partial charge on any atom is -0.381 e. The van der Waals surface area contributed by atoms with Crippen molar-refractivity contribution < 1.29 is 19.1 Å². The van der Waals surface area contributed by atoms with Gasteiger partial charge in [0.05, 0.1) is 25.2 Å². The van der Waals surface area contributed by atoms with Crippen LogP contribution >= 0.6 is 0 Å². The van der Waals surface area contributed by atoms with E-state index in [-0.39, 0.29) is 29.8 Å². The molecule has 0 aromatic heterocycles. The summed E-state index contributed by atoms with van der Waals surface area (Å²) in [6.07, 6.45) is 3.22. The number of ether oxygens (including phenoxy) is 2. The summed E-state index contributed by atoms with van der Waals surface area (Å²) in [7, 11) is 0. The van der Waals surface area contributed by atoms with Crippen LogP contribution < -0.4 is 0 Å². The molecule has 0 bridgehead atoms. The fourth-order valence-corrected chi connectivity index (χ4v) is 5.41. The lowest BCUT2D eigenvalue weighted by molar-refractivity contribution is -0.147. The van der Waals surface area contributed by atoms with Crippen molar-refractivity contribution >= 4 is 11.8 Å². The quantitative estimate of drug-likeness (QED) is 0.732. The molecule has 0 spiro atoms. The Labute approximate surface area is 142 Å². The zero-order chi connectivity index (χ0) is 16.3. The molecule has 4 aliphatic heterocycles. The lowest BCUT2D eigenvalue weighted by Gasteiger charge is -2.40. The van der Waals surface area contributed by atoms with Crippen LogP contribution in [0.5, 0.6) is 0 Å². The Balaban J connectivity index is 1.32. The smallest absolute Gasteiger partial charge is 0.227 e. The molecule has 1 unspecified atom stereocenters. The van der Waals surface area contributed by atoms with Crippen molar-refractivity contribution in [3.05, 3.63) is 0 Å². The van der Waals surface area contributed by atoms with Crippen LogP contribution in [-0.4, -0.2) is 73.7 Å². The first-order valence-electron chi connectivity index (χ1n) is 9.51. The van der Waals surface area contributed by atoms with Gasteiger partial charge in [-0.2, -0.15) is 0 Å². The van der Waals surface area contributed by atoms with Gasteiger partial charge in [0.2, 0.25) is 11.8 Å². The van der Waals surface area contributed by atoms with E-state index < -0.39 is 0 Å². The van der Waals surface area contributed by atoms with E-state index in [0.29, 0.717) is 30.8 Å². The fraction of sp³-hybridized carbons (Fsp3) is 0.889. The second-order valence-electron chi connectivity index (χ2n) is 8.13. The standard InChI is InChI=1S/C18H26N2O4/c21-17(19-4-1-2-5-19)12-7-20(8-15-11(12)3-6-24-15)18(22)16-13-9-23-10-14(13)16/h11-16H,1-10H2/t11-,12-,13-,14+,15+,16?/m0/s1. The van der Waals surface area contributed by atoms with Crippen molar-refractivity contribution in [2.75, 3.05) is 46.0 Å². The Kier molecular flexibility index (Phi) is 3.59. The van der Waals surface area contributed by atoms with Gasteiger partial charge >= 0.3 is 0 Å². The van der Waals surface area contributed by atoms with Gasteiger partial charge in [0, 0.05) is 44.6 Å². The van der Waals surface area contributed by atoms with Gasteiger partial charge in [-0.3, -0.25) is 9.59 Å². The van der Waals surface area contributed by atoms with E-state index in [1.807, 2.05) is 9.80 Å². The fourth-order valence-electron chi connectivity index (χ4n) is 5.41. The average molecular weight is 334 g/mol. The molecule has 0 aromatic carbocycles. The number of rotatable bonds is 2. The van der Waals surface area contributed by atoms with Crippen LogP contribution in [0.4, 0.5) is 0 Å². The third-order valence-electron chi connectivity index (χ3n) is 6.88. The number of piperidine rings is 1. The molecule has 5 fully saturated rings. The largest absolute Gasteiger partial charge is 0.381 e. The maximum Gasteiger partial charge on any atom is 0.227 e. The summed E-state index contributed by atoms with van der Waals surface area (Å²) in [6.45, 7) is 5.21. The van der Waals surface area contributed by atoms with Gasteiger partial charge in [0.25, 0.3) is 0 Å². The molecule has 24 heavy (non-hydrogen) atoms. The van der Waals surface area contributed by atoms with E-state index in [4.69, 9.17) is 9.47 Å². The molecule has 4 saturated heterocycles. The van der Waals surface area contributed by atoms with E-state index in [9.17, 15) is 9.59 Å². The van der Waals surface area contributed by atoms with Crippen molar-refractivity contribution in [1.29, 1.82) is 0 Å². The number of carbonyl (C=O) groups is 2. The van der Waals surface area contributed by atoms with Gasteiger partial charge < -0.3 is 19.3 Å². The number of hydrogen-bond donors (Lipinski definition) is 0. The number of fused-ring (bicyclic) bond motifs is 2. The second-order valence-corrected chi connectivity index (χ2v) is 8.13. The molecule has 4 heterocycles. The highest BCUT2D eigenvalue weighted by Gasteiger charge is 2.60. The van der Waals surface area contributed by atoms with Gasteiger partial charge in [-0.05, 0) is 31.1 Å². The monoisotopic (exact) mass is 334 g/mol. The average Bonchev–Trinajstić information content (AvgIpc) is 3.15. The van der Waals surface area contributed by atoms with Crippen LogP contribution in [0.3, 0.4) is 0 Å². The first-order valence-corrected chi connectivity index (χ1v) is 9.51. The number of amides is 2. The van der Waals surface area contributed by atoms with Gasteiger partial charge in [-0.15, -0.1) is 0 Å². The molecule has 132 valence electrons. The first-order chi connectivity index (χ1) is 11.7. The highest BCUT2D eigenvalue weighted by Crippen LogP contribution is 2.52. The topological polar surface area (TPSA) is 59.1 Å². The molecule has 6 nitrogen and oxygen atoms in total. The van der Waals surface area contributed by atoms with Gasteiger partial charge in [-0.1, -0.05) is 0 Å². The van der Waals surface area contributed by atoms with E-state index in [1.54, 1.807) is 0 Å². The molecule has 1 saturated carbocycles. The minimum absolute atomic E-state index is 0.0501. The highest BCUT2D eigenvalue weighted by atomic mass is 16.5. The Hall–Kier alpha value is -1.14. The molecule has 0 radical (unpaired) electrons. The van der Waals surface area contributed by atoms with Crippen molar-refractivity contribution in [2.45, 2.75) is 25.4 Å². The molecule has 1 aliphatic carbocycles. The maximum absolute atomic E-state index is 13.0. The molecule has 0 N–H and O–H groups in total. The predicted molar refractivity (Wildman–Crippen MR) is 85.0 cm³/mol. The zero-order valence-electron chi connectivity index (χ0n) is 14.1. The Morgan fingerprint density at radius 2 is 1.62 bits per heavy atom. The predicted octanol–water partition coefficient (Wildman–Crippen LogP) is 0.365. The summed E-state index contributed by atoms with van der Waals surface area (Å²) in [6, 6.07) is 0. The summed E-state index contributed by atoms with van der Waals surface area (Å²) in [5, 5.41) is 0. The summed E-state index contributed by atoms with van der Waals surface area (Å²) in [5.41, 5.74) is 0.